The molecule has 3 aliphatic heterocycles. The van der Waals surface area contributed by atoms with Crippen molar-refractivity contribution in [3.05, 3.63) is 108 Å². The van der Waals surface area contributed by atoms with Crippen LogP contribution in [0.5, 0.6) is 0 Å². The summed E-state index contributed by atoms with van der Waals surface area (Å²) >= 11 is 0. The zero-order valence-electron chi connectivity index (χ0n) is 42.0. The number of primary amides is 1. The third-order valence-electron chi connectivity index (χ3n) is 13.4. The summed E-state index contributed by atoms with van der Waals surface area (Å²) in [4.78, 5) is 132. The molecular formula is C53H70N12O9. The first kappa shape index (κ1) is 55.5. The van der Waals surface area contributed by atoms with Gasteiger partial charge in [-0.1, -0.05) is 105 Å². The molecule has 3 heterocycles. The molecule has 0 bridgehead atoms. The van der Waals surface area contributed by atoms with Crippen LogP contribution in [0.3, 0.4) is 0 Å². The topological polar surface area (TPSA) is 320 Å². The first-order valence-electron chi connectivity index (χ1n) is 25.4. The minimum Gasteiger partial charge on any atom is -0.370 e. The van der Waals surface area contributed by atoms with Gasteiger partial charge in [-0.3, -0.25) is 48.6 Å². The van der Waals surface area contributed by atoms with Crippen LogP contribution in [0.25, 0.3) is 0 Å². The fourth-order valence-corrected chi connectivity index (χ4v) is 9.69. The molecule has 0 aromatic heterocycles. The van der Waals surface area contributed by atoms with Crippen molar-refractivity contribution in [1.82, 2.24) is 47.0 Å². The highest BCUT2D eigenvalue weighted by atomic mass is 16.2. The Kier molecular flexibility index (Phi) is 20.0. The number of hydrogen-bond acceptors (Lipinski definition) is 10. The van der Waals surface area contributed by atoms with Crippen LogP contribution in [0.2, 0.25) is 0 Å². The maximum atomic E-state index is 14.8. The summed E-state index contributed by atoms with van der Waals surface area (Å²) < 4.78 is 0. The van der Waals surface area contributed by atoms with Gasteiger partial charge in [0, 0.05) is 38.9 Å². The van der Waals surface area contributed by atoms with Gasteiger partial charge >= 0.3 is 0 Å². The van der Waals surface area contributed by atoms with E-state index in [2.05, 4.69) is 37.2 Å². The summed E-state index contributed by atoms with van der Waals surface area (Å²) in [5, 5.41) is 26.9. The Hall–Kier alpha value is -7.84. The summed E-state index contributed by atoms with van der Waals surface area (Å²) in [5.74, 6) is -7.18. The van der Waals surface area contributed by atoms with Crippen LogP contribution in [-0.4, -0.2) is 137 Å². The van der Waals surface area contributed by atoms with E-state index in [1.54, 1.807) is 91.0 Å². The lowest BCUT2D eigenvalue weighted by Gasteiger charge is -2.34. The van der Waals surface area contributed by atoms with Crippen molar-refractivity contribution in [3.63, 3.8) is 0 Å². The summed E-state index contributed by atoms with van der Waals surface area (Å²) in [7, 11) is 0. The number of guanidine groups is 1. The Bertz CT molecular complexity index is 2480. The van der Waals surface area contributed by atoms with E-state index in [1.165, 1.54) is 9.80 Å². The smallest absolute Gasteiger partial charge is 0.246 e. The highest BCUT2D eigenvalue weighted by Gasteiger charge is 2.45. The van der Waals surface area contributed by atoms with Crippen LogP contribution in [0.15, 0.2) is 91.0 Å². The molecule has 396 valence electrons. The number of carbonyl (C=O) groups is 9. The first-order valence-corrected chi connectivity index (χ1v) is 25.4. The Morgan fingerprint density at radius 3 is 1.46 bits per heavy atom. The van der Waals surface area contributed by atoms with E-state index in [4.69, 9.17) is 16.9 Å². The zero-order chi connectivity index (χ0) is 53.3. The quantitative estimate of drug-likeness (QED) is 0.0573. The average Bonchev–Trinajstić information content (AvgIpc) is 4.08. The summed E-state index contributed by atoms with van der Waals surface area (Å²) in [6, 6.07) is 16.2. The van der Waals surface area contributed by atoms with Gasteiger partial charge in [0.2, 0.25) is 53.2 Å². The SMILES string of the molecule is CC(C)C[C@@H]1NC(=O)[C@H](CC(N)=O)NC(=O)[C@H](Cc2ccccc2)NC(=O)[C@H](Cc2ccccc2)NC(=O)[C@H](CCCNC(=N)N)NC(=O)[C@@H]2CCCN2C(=O)[C@H]2CCCN2C(=O)[C@H](Cc2ccccc2)NC1=O. The average molecular weight is 1020 g/mol. The van der Waals surface area contributed by atoms with Crippen molar-refractivity contribution >= 4 is 59.1 Å². The molecule has 9 amide bonds. The van der Waals surface area contributed by atoms with E-state index in [-0.39, 0.29) is 82.9 Å². The molecule has 0 saturated carbocycles. The number of nitrogens with two attached hydrogens (primary N) is 2. The van der Waals surface area contributed by atoms with Crippen LogP contribution >= 0.6 is 0 Å². The second kappa shape index (κ2) is 26.7. The Morgan fingerprint density at radius 1 is 0.554 bits per heavy atom. The predicted molar refractivity (Wildman–Crippen MR) is 274 cm³/mol. The largest absolute Gasteiger partial charge is 0.370 e. The fraction of sp³-hybridized carbons (Fsp3) is 0.472. The number of fused-ring (bicyclic) bond motifs is 2. The summed E-state index contributed by atoms with van der Waals surface area (Å²) in [6.45, 7) is 4.19. The highest BCUT2D eigenvalue weighted by Crippen LogP contribution is 2.27. The molecule has 3 aromatic carbocycles. The zero-order valence-corrected chi connectivity index (χ0v) is 42.0. The lowest BCUT2D eigenvalue weighted by molar-refractivity contribution is -0.148. The van der Waals surface area contributed by atoms with Gasteiger partial charge in [-0.05, 0) is 67.6 Å². The van der Waals surface area contributed by atoms with Crippen LogP contribution in [0.4, 0.5) is 0 Å². The molecule has 0 radical (unpaired) electrons. The molecule has 3 aliphatic rings. The summed E-state index contributed by atoms with van der Waals surface area (Å²) in [5.41, 5.74) is 13.1. The molecular weight excluding hydrogens is 949 g/mol. The van der Waals surface area contributed by atoms with Gasteiger partial charge in [0.15, 0.2) is 5.96 Å². The molecule has 3 fully saturated rings. The Labute approximate surface area is 430 Å². The van der Waals surface area contributed by atoms with Crippen molar-refractivity contribution in [2.45, 2.75) is 133 Å². The van der Waals surface area contributed by atoms with Crippen molar-refractivity contribution in [2.75, 3.05) is 19.6 Å². The van der Waals surface area contributed by atoms with E-state index in [0.717, 1.165) is 0 Å². The van der Waals surface area contributed by atoms with Crippen LogP contribution in [0.1, 0.15) is 81.9 Å². The number of rotatable bonds is 14. The number of amides is 9. The van der Waals surface area contributed by atoms with Crippen molar-refractivity contribution in [2.24, 2.45) is 17.4 Å². The third kappa shape index (κ3) is 15.8. The lowest BCUT2D eigenvalue weighted by atomic mass is 9.99. The Morgan fingerprint density at radius 2 is 0.959 bits per heavy atom. The Balaban J connectivity index is 1.42. The highest BCUT2D eigenvalue weighted by molar-refractivity contribution is 6.00. The monoisotopic (exact) mass is 1020 g/mol. The van der Waals surface area contributed by atoms with Crippen molar-refractivity contribution in [3.8, 4) is 0 Å². The molecule has 74 heavy (non-hydrogen) atoms. The van der Waals surface area contributed by atoms with Gasteiger partial charge in [-0.25, -0.2) is 0 Å². The van der Waals surface area contributed by atoms with Gasteiger partial charge in [0.25, 0.3) is 0 Å². The van der Waals surface area contributed by atoms with E-state index < -0.39 is 108 Å². The molecule has 3 aromatic rings. The molecule has 0 spiro atoms. The third-order valence-corrected chi connectivity index (χ3v) is 13.4. The normalized spacial score (nSPS) is 24.8. The predicted octanol–water partition coefficient (Wildman–Crippen LogP) is -0.196. The van der Waals surface area contributed by atoms with E-state index in [9.17, 15) is 43.2 Å². The van der Waals surface area contributed by atoms with Crippen LogP contribution in [-0.2, 0) is 62.4 Å². The van der Waals surface area contributed by atoms with Crippen molar-refractivity contribution < 1.29 is 43.2 Å². The standard InChI is InChI=1S/C53H70N12O9/c1-32(2)27-37-46(68)63-41(30-35-19-10-5-11-20-35)51(73)65-26-14-23-43(65)52(74)64-25-13-22-42(64)50(72)58-36(21-12-24-57-53(55)56)45(67)60-38(28-33-15-6-3-7-16-33)47(69)61-39(29-34-17-8-4-9-18-34)48(70)62-40(31-44(54)66)49(71)59-37/h3-11,15-20,32,36-43H,12-14,21-31H2,1-2H3,(H2,54,66)(H,58,72)(H,59,71)(H,60,67)(H,61,69)(H,62,70)(H,63,68)(H4,55,56,57)/t36-,37-,38-,39-,40-,41-,42-,43+/m0/s1. The second-order valence-corrected chi connectivity index (χ2v) is 19.6. The van der Waals surface area contributed by atoms with Gasteiger partial charge in [0.05, 0.1) is 6.42 Å². The molecule has 3 saturated heterocycles. The van der Waals surface area contributed by atoms with Gasteiger partial charge in [-0.15, -0.1) is 0 Å². The van der Waals surface area contributed by atoms with Crippen molar-refractivity contribution in [1.29, 1.82) is 5.41 Å². The number of hydrogen-bond donors (Lipinski definition) is 10. The number of nitrogens with zero attached hydrogens (tertiary/aromatic N) is 2. The van der Waals surface area contributed by atoms with E-state index >= 15 is 0 Å². The lowest BCUT2D eigenvalue weighted by Crippen LogP contribution is -2.62. The molecule has 0 unspecified atom stereocenters. The fourth-order valence-electron chi connectivity index (χ4n) is 9.69. The van der Waals surface area contributed by atoms with E-state index in [1.807, 2.05) is 13.8 Å². The van der Waals surface area contributed by atoms with Gasteiger partial charge in [0.1, 0.15) is 48.3 Å². The molecule has 0 aliphatic carbocycles. The van der Waals surface area contributed by atoms with Gasteiger partial charge < -0.3 is 58.5 Å². The molecule has 21 heteroatoms. The first-order chi connectivity index (χ1) is 35.5. The number of nitrogens with one attached hydrogen (secondary N) is 8. The number of carbonyl (C=O) groups excluding carboxylic acids is 9. The maximum Gasteiger partial charge on any atom is 0.246 e. The molecule has 21 nitrogen and oxygen atoms in total. The second-order valence-electron chi connectivity index (χ2n) is 19.6. The van der Waals surface area contributed by atoms with Crippen LogP contribution in [0, 0.1) is 11.3 Å². The van der Waals surface area contributed by atoms with E-state index in [0.29, 0.717) is 29.5 Å². The van der Waals surface area contributed by atoms with Crippen LogP contribution < -0.4 is 48.7 Å². The molecule has 12 N–H and O–H groups in total. The minimum absolute atomic E-state index is 0.0119. The molecule has 8 atom stereocenters. The maximum absolute atomic E-state index is 14.8. The summed E-state index contributed by atoms with van der Waals surface area (Å²) in [6.07, 6.45) is 0.924. The number of benzene rings is 3. The minimum atomic E-state index is -1.64. The van der Waals surface area contributed by atoms with Gasteiger partial charge in [-0.2, -0.15) is 0 Å². The molecule has 6 rings (SSSR count).